The van der Waals surface area contributed by atoms with Crippen LogP contribution in [0.15, 0.2) is 0 Å². The van der Waals surface area contributed by atoms with Crippen LogP contribution >= 0.6 is 0 Å². The Morgan fingerprint density at radius 1 is 1.42 bits per heavy atom. The maximum Gasteiger partial charge on any atom is 0.187 e. The molecule has 0 saturated carbocycles. The van der Waals surface area contributed by atoms with Gasteiger partial charge in [0, 0.05) is 0 Å². The largest absolute Gasteiger partial charge is 0.394 e. The van der Waals surface area contributed by atoms with Gasteiger partial charge >= 0.3 is 0 Å². The average molecular weight is 180 g/mol. The van der Waals surface area contributed by atoms with E-state index in [4.69, 9.17) is 14.9 Å². The molecule has 1 rings (SSSR count). The zero-order valence-corrected chi connectivity index (χ0v) is 6.58. The second-order valence-electron chi connectivity index (χ2n) is 2.47. The van der Waals surface area contributed by atoms with Gasteiger partial charge in [-0.2, -0.15) is 0 Å². The van der Waals surface area contributed by atoms with Crippen LogP contribution in [-0.4, -0.2) is 53.6 Å². The smallest absolute Gasteiger partial charge is 0.187 e. The molecule has 1 saturated heterocycles. The first-order valence-corrected chi connectivity index (χ1v) is 3.52. The van der Waals surface area contributed by atoms with Gasteiger partial charge in [-0.3, -0.25) is 0 Å². The maximum absolute atomic E-state index is 9.30. The molecule has 0 amide bonds. The van der Waals surface area contributed by atoms with E-state index in [1.54, 1.807) is 0 Å². The monoisotopic (exact) mass is 180 g/mol. The predicted octanol–water partition coefficient (Wildman–Crippen LogP) is -2.00. The van der Waals surface area contributed by atoms with Crippen LogP contribution in [0.3, 0.4) is 0 Å². The molecule has 0 spiro atoms. The molecule has 0 radical (unpaired) electrons. The lowest BCUT2D eigenvalue weighted by atomic mass is 10.1. The summed E-state index contributed by atoms with van der Waals surface area (Å²) in [4.78, 5) is 8.80. The van der Waals surface area contributed by atoms with Gasteiger partial charge in [-0.25, -0.2) is 9.78 Å². The summed E-state index contributed by atoms with van der Waals surface area (Å²) in [5.74, 6) is 0. The molecule has 6 heteroatoms. The van der Waals surface area contributed by atoms with E-state index in [-0.39, 0.29) is 6.61 Å². The van der Waals surface area contributed by atoms with Crippen LogP contribution in [0, 0.1) is 0 Å². The van der Waals surface area contributed by atoms with Gasteiger partial charge in [0.1, 0.15) is 12.2 Å². The Labute approximate surface area is 69.2 Å². The average Bonchev–Trinajstić information content (AvgIpc) is 2.32. The molecule has 1 aliphatic rings. The van der Waals surface area contributed by atoms with E-state index in [9.17, 15) is 5.11 Å². The molecule has 3 N–H and O–H groups in total. The topological polar surface area (TPSA) is 88.4 Å². The molecule has 4 atom stereocenters. The van der Waals surface area contributed by atoms with Gasteiger partial charge in [-0.15, -0.1) is 0 Å². The highest BCUT2D eigenvalue weighted by atomic mass is 17.2. The Kier molecular flexibility index (Phi) is 3.39. The molecule has 6 nitrogen and oxygen atoms in total. The van der Waals surface area contributed by atoms with Crippen LogP contribution < -0.4 is 0 Å². The molecule has 72 valence electrons. The van der Waals surface area contributed by atoms with E-state index in [2.05, 4.69) is 9.78 Å². The van der Waals surface area contributed by atoms with E-state index >= 15 is 0 Å². The minimum absolute atomic E-state index is 0.373. The minimum Gasteiger partial charge on any atom is -0.394 e. The standard InChI is InChI=1S/C6H12O6/c1-10-12-5-4(8)3(2-7)11-6(5)9/h3-9H,2H2,1H3/t3-,4-,5-,6?/m1/s1. The first-order valence-electron chi connectivity index (χ1n) is 3.52. The molecule has 0 bridgehead atoms. The lowest BCUT2D eigenvalue weighted by Crippen LogP contribution is -2.36. The van der Waals surface area contributed by atoms with E-state index < -0.39 is 24.6 Å². The highest BCUT2D eigenvalue weighted by Crippen LogP contribution is 2.21. The predicted molar refractivity (Wildman–Crippen MR) is 35.9 cm³/mol. The Hall–Kier alpha value is -0.240. The SMILES string of the molecule is COO[C@H]1C(O)O[C@H](CO)[C@H]1O. The molecule has 1 unspecified atom stereocenters. The third kappa shape index (κ3) is 1.74. The number of hydrogen-bond donors (Lipinski definition) is 3. The molecule has 0 aliphatic carbocycles. The summed E-state index contributed by atoms with van der Waals surface area (Å²) < 4.78 is 4.74. The molecule has 12 heavy (non-hydrogen) atoms. The van der Waals surface area contributed by atoms with Crippen molar-refractivity contribution >= 4 is 0 Å². The van der Waals surface area contributed by atoms with E-state index in [1.165, 1.54) is 7.11 Å². The Morgan fingerprint density at radius 2 is 2.08 bits per heavy atom. The summed E-state index contributed by atoms with van der Waals surface area (Å²) in [7, 11) is 1.26. The van der Waals surface area contributed by atoms with Crippen LogP contribution in [0.1, 0.15) is 0 Å². The van der Waals surface area contributed by atoms with Gasteiger partial charge in [0.05, 0.1) is 13.7 Å². The fraction of sp³-hybridized carbons (Fsp3) is 1.00. The second-order valence-corrected chi connectivity index (χ2v) is 2.47. The Bertz CT molecular complexity index is 140. The summed E-state index contributed by atoms with van der Waals surface area (Å²) in [6.45, 7) is -0.373. The molecule has 0 aromatic carbocycles. The number of aliphatic hydroxyl groups is 3. The zero-order valence-electron chi connectivity index (χ0n) is 6.58. The molecule has 0 aromatic rings. The molecular formula is C6H12O6. The van der Waals surface area contributed by atoms with Gasteiger partial charge in [0.2, 0.25) is 0 Å². The summed E-state index contributed by atoms with van der Waals surface area (Å²) in [5.41, 5.74) is 0. The van der Waals surface area contributed by atoms with Crippen LogP contribution in [0.4, 0.5) is 0 Å². The van der Waals surface area contributed by atoms with Gasteiger partial charge in [0.15, 0.2) is 12.4 Å². The lowest BCUT2D eigenvalue weighted by Gasteiger charge is -2.14. The summed E-state index contributed by atoms with van der Waals surface area (Å²) in [6.07, 6.45) is -4.13. The maximum atomic E-state index is 9.30. The third-order valence-corrected chi connectivity index (χ3v) is 1.70. The second kappa shape index (κ2) is 4.13. The number of rotatable bonds is 3. The molecule has 1 aliphatic heterocycles. The van der Waals surface area contributed by atoms with Crippen molar-refractivity contribution < 1.29 is 29.8 Å². The lowest BCUT2D eigenvalue weighted by molar-refractivity contribution is -0.337. The zero-order chi connectivity index (χ0) is 9.14. The minimum atomic E-state index is -1.27. The third-order valence-electron chi connectivity index (χ3n) is 1.70. The van der Waals surface area contributed by atoms with E-state index in [0.29, 0.717) is 0 Å². The highest BCUT2D eigenvalue weighted by molar-refractivity contribution is 4.85. The van der Waals surface area contributed by atoms with Crippen molar-refractivity contribution in [2.24, 2.45) is 0 Å². The number of aliphatic hydroxyl groups excluding tert-OH is 3. The molecule has 1 heterocycles. The fourth-order valence-corrected chi connectivity index (χ4v) is 1.08. The van der Waals surface area contributed by atoms with Crippen molar-refractivity contribution in [3.8, 4) is 0 Å². The van der Waals surface area contributed by atoms with Crippen molar-refractivity contribution in [3.63, 3.8) is 0 Å². The molecule has 0 aromatic heterocycles. The van der Waals surface area contributed by atoms with Crippen molar-refractivity contribution in [2.75, 3.05) is 13.7 Å². The van der Waals surface area contributed by atoms with Crippen molar-refractivity contribution in [3.05, 3.63) is 0 Å². The Balaban J connectivity index is 2.51. The number of ether oxygens (including phenoxy) is 1. The first kappa shape index (κ1) is 9.85. The van der Waals surface area contributed by atoms with Crippen molar-refractivity contribution in [1.82, 2.24) is 0 Å². The van der Waals surface area contributed by atoms with Gasteiger partial charge in [0.25, 0.3) is 0 Å². The molecule has 1 fully saturated rings. The van der Waals surface area contributed by atoms with Crippen LogP contribution in [0.25, 0.3) is 0 Å². The van der Waals surface area contributed by atoms with Gasteiger partial charge in [-0.05, 0) is 0 Å². The summed E-state index contributed by atoms with van der Waals surface area (Å²) in [5, 5.41) is 27.0. The Morgan fingerprint density at radius 3 is 2.50 bits per heavy atom. The highest BCUT2D eigenvalue weighted by Gasteiger charge is 2.44. The normalized spacial score (nSPS) is 42.0. The van der Waals surface area contributed by atoms with Gasteiger partial charge in [-0.1, -0.05) is 0 Å². The first-order chi connectivity index (χ1) is 5.70. The van der Waals surface area contributed by atoms with Crippen molar-refractivity contribution in [2.45, 2.75) is 24.6 Å². The molecular weight excluding hydrogens is 168 g/mol. The van der Waals surface area contributed by atoms with Crippen LogP contribution in [-0.2, 0) is 14.5 Å². The van der Waals surface area contributed by atoms with Crippen LogP contribution in [0.2, 0.25) is 0 Å². The van der Waals surface area contributed by atoms with E-state index in [0.717, 1.165) is 0 Å². The fourth-order valence-electron chi connectivity index (χ4n) is 1.08. The van der Waals surface area contributed by atoms with E-state index in [1.807, 2.05) is 0 Å². The quantitative estimate of drug-likeness (QED) is 0.344. The van der Waals surface area contributed by atoms with Crippen LogP contribution in [0.5, 0.6) is 0 Å². The van der Waals surface area contributed by atoms with Gasteiger partial charge < -0.3 is 20.1 Å². The van der Waals surface area contributed by atoms with Crippen molar-refractivity contribution in [1.29, 1.82) is 0 Å². The summed E-state index contributed by atoms with van der Waals surface area (Å²) in [6, 6.07) is 0. The summed E-state index contributed by atoms with van der Waals surface area (Å²) >= 11 is 0. The number of hydrogen-bond acceptors (Lipinski definition) is 6.